The van der Waals surface area contributed by atoms with E-state index in [2.05, 4.69) is 10.4 Å². The van der Waals surface area contributed by atoms with Gasteiger partial charge < -0.3 is 15.0 Å². The molecule has 1 aromatic carbocycles. The number of benzene rings is 1. The summed E-state index contributed by atoms with van der Waals surface area (Å²) in [6.07, 6.45) is 0. The molecule has 0 saturated heterocycles. The Bertz CT molecular complexity index is 1040. The summed E-state index contributed by atoms with van der Waals surface area (Å²) in [6, 6.07) is 11.8. The van der Waals surface area contributed by atoms with E-state index in [0.29, 0.717) is 22.2 Å². The molecule has 1 N–H and O–H groups in total. The molecule has 6 nitrogen and oxygen atoms in total. The highest BCUT2D eigenvalue weighted by molar-refractivity contribution is 7.80. The van der Waals surface area contributed by atoms with Crippen molar-refractivity contribution < 1.29 is 9.53 Å². The lowest BCUT2D eigenvalue weighted by atomic mass is 10.1. The number of nitrogens with one attached hydrogen (secondary N) is 1. The van der Waals surface area contributed by atoms with Crippen LogP contribution in [0.5, 0.6) is 0 Å². The maximum absolute atomic E-state index is 12.3. The smallest absolute Gasteiger partial charge is 0.340 e. The first-order valence-corrected chi connectivity index (χ1v) is 10.3. The number of rotatable bonds is 5. The summed E-state index contributed by atoms with van der Waals surface area (Å²) in [5, 5.41) is 8.89. The minimum absolute atomic E-state index is 0.393. The number of hydrogen-bond acceptors (Lipinski definition) is 5. The largest absolute Gasteiger partial charge is 0.465 e. The molecule has 8 heteroatoms. The third kappa shape index (κ3) is 4.49. The standard InChI is InChI=1S/C21H24N4O2S2/c1-13-17(14(2)25(4)23-13)12-24(3)21(28)22-19-16(20(26)27-5)11-18(29-19)15-9-7-6-8-10-15/h6-11H,12H2,1-5H3,(H,22,28). The second-order valence-electron chi connectivity index (χ2n) is 6.77. The highest BCUT2D eigenvalue weighted by Crippen LogP contribution is 2.36. The van der Waals surface area contributed by atoms with Crippen LogP contribution in [0.4, 0.5) is 5.00 Å². The van der Waals surface area contributed by atoms with E-state index in [1.165, 1.54) is 18.4 Å². The number of nitrogens with zero attached hydrogens (tertiary/aromatic N) is 3. The summed E-state index contributed by atoms with van der Waals surface area (Å²) in [5.41, 5.74) is 4.74. The molecule has 0 bridgehead atoms. The van der Waals surface area contributed by atoms with Gasteiger partial charge in [0, 0.05) is 36.8 Å². The molecule has 0 spiro atoms. The zero-order valence-electron chi connectivity index (χ0n) is 17.1. The van der Waals surface area contributed by atoms with Crippen LogP contribution < -0.4 is 5.32 Å². The fourth-order valence-corrected chi connectivity index (χ4v) is 4.32. The Balaban J connectivity index is 1.83. The van der Waals surface area contributed by atoms with Crippen molar-refractivity contribution in [1.82, 2.24) is 14.7 Å². The van der Waals surface area contributed by atoms with Crippen molar-refractivity contribution in [2.75, 3.05) is 19.5 Å². The minimum Gasteiger partial charge on any atom is -0.465 e. The molecule has 3 aromatic rings. The highest BCUT2D eigenvalue weighted by Gasteiger charge is 2.20. The van der Waals surface area contributed by atoms with Crippen LogP contribution in [-0.2, 0) is 18.3 Å². The molecule has 0 unspecified atom stereocenters. The van der Waals surface area contributed by atoms with Gasteiger partial charge in [-0.25, -0.2) is 4.79 Å². The molecule has 0 aliphatic rings. The van der Waals surface area contributed by atoms with Gasteiger partial charge >= 0.3 is 5.97 Å². The fourth-order valence-electron chi connectivity index (χ4n) is 3.04. The third-order valence-corrected chi connectivity index (χ3v) is 6.33. The van der Waals surface area contributed by atoms with Crippen molar-refractivity contribution in [3.63, 3.8) is 0 Å². The first-order valence-electron chi connectivity index (χ1n) is 9.10. The van der Waals surface area contributed by atoms with Crippen LogP contribution in [0.25, 0.3) is 10.4 Å². The monoisotopic (exact) mass is 428 g/mol. The van der Waals surface area contributed by atoms with E-state index in [9.17, 15) is 4.79 Å². The Labute approximate surface area is 180 Å². The van der Waals surface area contributed by atoms with Crippen LogP contribution in [-0.4, -0.2) is 39.9 Å². The molecule has 0 saturated carbocycles. The van der Waals surface area contributed by atoms with Crippen LogP contribution >= 0.6 is 23.6 Å². The lowest BCUT2D eigenvalue weighted by Gasteiger charge is -2.21. The zero-order valence-corrected chi connectivity index (χ0v) is 18.8. The molecule has 0 aliphatic heterocycles. The summed E-state index contributed by atoms with van der Waals surface area (Å²) in [7, 11) is 5.23. The summed E-state index contributed by atoms with van der Waals surface area (Å²) in [5.74, 6) is -0.393. The number of hydrogen-bond donors (Lipinski definition) is 1. The maximum atomic E-state index is 12.3. The second-order valence-corrected chi connectivity index (χ2v) is 8.21. The van der Waals surface area contributed by atoms with Crippen LogP contribution in [0, 0.1) is 13.8 Å². The summed E-state index contributed by atoms with van der Waals surface area (Å²) < 4.78 is 6.83. The first-order chi connectivity index (χ1) is 13.8. The maximum Gasteiger partial charge on any atom is 0.340 e. The molecule has 3 rings (SSSR count). The molecule has 0 amide bonds. The Morgan fingerprint density at radius 3 is 2.59 bits per heavy atom. The van der Waals surface area contributed by atoms with Crippen molar-refractivity contribution in [2.24, 2.45) is 7.05 Å². The number of thiocarbonyl (C=S) groups is 1. The average molecular weight is 429 g/mol. The van der Waals surface area contributed by atoms with Gasteiger partial charge in [0.15, 0.2) is 5.11 Å². The predicted molar refractivity (Wildman–Crippen MR) is 121 cm³/mol. The van der Waals surface area contributed by atoms with Crippen molar-refractivity contribution in [3.05, 3.63) is 58.9 Å². The van der Waals surface area contributed by atoms with Gasteiger partial charge in [0.2, 0.25) is 0 Å². The van der Waals surface area contributed by atoms with Crippen molar-refractivity contribution in [2.45, 2.75) is 20.4 Å². The Hall–Kier alpha value is -2.71. The minimum atomic E-state index is -0.393. The number of ether oxygens (including phenoxy) is 1. The van der Waals surface area contributed by atoms with Crippen LogP contribution in [0.1, 0.15) is 27.3 Å². The van der Waals surface area contributed by atoms with Gasteiger partial charge in [0.05, 0.1) is 18.4 Å². The number of anilines is 1. The molecule has 0 radical (unpaired) electrons. The number of thiophene rings is 1. The van der Waals surface area contributed by atoms with Gasteiger partial charge in [0.25, 0.3) is 0 Å². The van der Waals surface area contributed by atoms with Gasteiger partial charge in [-0.05, 0) is 37.7 Å². The molecule has 0 fully saturated rings. The molecule has 2 aromatic heterocycles. The normalized spacial score (nSPS) is 10.7. The summed E-state index contributed by atoms with van der Waals surface area (Å²) >= 11 is 7.08. The van der Waals surface area contributed by atoms with E-state index in [-0.39, 0.29) is 0 Å². The van der Waals surface area contributed by atoms with E-state index in [0.717, 1.165) is 27.4 Å². The lowest BCUT2D eigenvalue weighted by Crippen LogP contribution is -2.31. The Morgan fingerprint density at radius 2 is 2.00 bits per heavy atom. The number of methoxy groups -OCH3 is 1. The molecule has 0 atom stereocenters. The number of aryl methyl sites for hydroxylation is 2. The van der Waals surface area contributed by atoms with Crippen molar-refractivity contribution in [1.29, 1.82) is 0 Å². The predicted octanol–water partition coefficient (Wildman–Crippen LogP) is 4.38. The van der Waals surface area contributed by atoms with Gasteiger partial charge in [-0.15, -0.1) is 11.3 Å². The van der Waals surface area contributed by atoms with Crippen LogP contribution in [0.15, 0.2) is 36.4 Å². The van der Waals surface area contributed by atoms with Crippen LogP contribution in [0.3, 0.4) is 0 Å². The van der Waals surface area contributed by atoms with E-state index in [1.807, 2.05) is 73.9 Å². The number of carbonyl (C=O) groups excluding carboxylic acids is 1. The molecule has 29 heavy (non-hydrogen) atoms. The highest BCUT2D eigenvalue weighted by atomic mass is 32.1. The van der Waals surface area contributed by atoms with Gasteiger partial charge in [0.1, 0.15) is 5.00 Å². The summed E-state index contributed by atoms with van der Waals surface area (Å²) in [4.78, 5) is 15.2. The molecule has 2 heterocycles. The summed E-state index contributed by atoms with van der Waals surface area (Å²) in [6.45, 7) is 4.66. The SMILES string of the molecule is COC(=O)c1cc(-c2ccccc2)sc1NC(=S)N(C)Cc1c(C)nn(C)c1C. The fraction of sp³-hybridized carbons (Fsp3) is 0.286. The number of carbonyl (C=O) groups is 1. The molecular formula is C21H24N4O2S2. The van der Waals surface area contributed by atoms with E-state index in [1.54, 1.807) is 0 Å². The first kappa shape index (κ1) is 21.0. The number of esters is 1. The third-order valence-electron chi connectivity index (χ3n) is 4.82. The average Bonchev–Trinajstić information content (AvgIpc) is 3.24. The van der Waals surface area contributed by atoms with E-state index < -0.39 is 5.97 Å². The van der Waals surface area contributed by atoms with Gasteiger partial charge in [-0.3, -0.25) is 4.68 Å². The molecule has 0 aliphatic carbocycles. The molecular weight excluding hydrogens is 404 g/mol. The van der Waals surface area contributed by atoms with Crippen molar-refractivity contribution in [3.8, 4) is 10.4 Å². The lowest BCUT2D eigenvalue weighted by molar-refractivity contribution is 0.0602. The Morgan fingerprint density at radius 1 is 1.31 bits per heavy atom. The van der Waals surface area contributed by atoms with Crippen molar-refractivity contribution >= 4 is 39.6 Å². The van der Waals surface area contributed by atoms with E-state index >= 15 is 0 Å². The zero-order chi connectivity index (χ0) is 21.1. The quantitative estimate of drug-likeness (QED) is 0.481. The Kier molecular flexibility index (Phi) is 6.34. The molecule has 152 valence electrons. The topological polar surface area (TPSA) is 59.4 Å². The van der Waals surface area contributed by atoms with Crippen LogP contribution in [0.2, 0.25) is 0 Å². The van der Waals surface area contributed by atoms with Gasteiger partial charge in [-0.1, -0.05) is 30.3 Å². The van der Waals surface area contributed by atoms with E-state index in [4.69, 9.17) is 17.0 Å². The second kappa shape index (κ2) is 8.75. The van der Waals surface area contributed by atoms with Gasteiger partial charge in [-0.2, -0.15) is 5.10 Å². The number of aromatic nitrogens is 2.